The van der Waals surface area contributed by atoms with E-state index in [1.54, 1.807) is 18.2 Å². The topological polar surface area (TPSA) is 71.4 Å². The number of benzene rings is 1. The normalized spacial score (nSPS) is 12.9. The molecule has 0 atom stereocenters. The Balaban J connectivity index is 3.02. The van der Waals surface area contributed by atoms with Gasteiger partial charge in [-0.2, -0.15) is 0 Å². The highest BCUT2D eigenvalue weighted by molar-refractivity contribution is 7.94. The number of aliphatic carboxylic acids is 1. The SMILES string of the molecule is CC(=C/S(=O)(=O)c1ccccc1)/C=C/C(=O)O. The minimum atomic E-state index is -3.51. The molecular weight excluding hydrogens is 240 g/mol. The van der Waals surface area contributed by atoms with Crippen LogP contribution in [0, 0.1) is 0 Å². The van der Waals surface area contributed by atoms with E-state index in [0.29, 0.717) is 5.57 Å². The number of carbonyl (C=O) groups is 1. The Bertz CT molecular complexity index is 553. The van der Waals surface area contributed by atoms with E-state index in [0.717, 1.165) is 11.5 Å². The molecule has 1 aromatic carbocycles. The second-order valence-electron chi connectivity index (χ2n) is 3.39. The molecule has 0 aliphatic rings. The molecule has 1 aromatic rings. The molecule has 0 saturated carbocycles. The van der Waals surface area contributed by atoms with E-state index in [9.17, 15) is 13.2 Å². The summed E-state index contributed by atoms with van der Waals surface area (Å²) in [5.74, 6) is -1.12. The molecule has 17 heavy (non-hydrogen) atoms. The molecule has 0 aliphatic heterocycles. The van der Waals surface area contributed by atoms with Crippen LogP contribution in [0.25, 0.3) is 0 Å². The number of hydrogen-bond acceptors (Lipinski definition) is 3. The predicted octanol–water partition coefficient (Wildman–Crippen LogP) is 2.00. The molecule has 0 amide bonds. The molecule has 0 aliphatic carbocycles. The van der Waals surface area contributed by atoms with Crippen molar-refractivity contribution in [3.8, 4) is 0 Å². The van der Waals surface area contributed by atoms with Crippen molar-refractivity contribution >= 4 is 15.8 Å². The van der Waals surface area contributed by atoms with Gasteiger partial charge in [0.15, 0.2) is 9.84 Å². The zero-order chi connectivity index (χ0) is 12.9. The number of carboxylic acids is 1. The lowest BCUT2D eigenvalue weighted by atomic mass is 10.3. The predicted molar refractivity (Wildman–Crippen MR) is 64.2 cm³/mol. The molecule has 0 fully saturated rings. The molecule has 4 nitrogen and oxygen atoms in total. The highest BCUT2D eigenvalue weighted by Crippen LogP contribution is 2.13. The molecule has 90 valence electrons. The quantitative estimate of drug-likeness (QED) is 0.657. The van der Waals surface area contributed by atoms with Crippen molar-refractivity contribution in [1.82, 2.24) is 0 Å². The highest BCUT2D eigenvalue weighted by Gasteiger charge is 2.09. The Morgan fingerprint density at radius 3 is 2.29 bits per heavy atom. The standard InChI is InChI=1S/C12H12O4S/c1-10(7-8-12(13)14)9-17(15,16)11-5-3-2-4-6-11/h2-9H,1H3,(H,13,14)/b8-7+,10-9-. The van der Waals surface area contributed by atoms with Crippen LogP contribution in [0.4, 0.5) is 0 Å². The zero-order valence-corrected chi connectivity index (χ0v) is 10.0. The second-order valence-corrected chi connectivity index (χ2v) is 5.19. The van der Waals surface area contributed by atoms with Crippen LogP contribution >= 0.6 is 0 Å². The van der Waals surface area contributed by atoms with Gasteiger partial charge in [-0.05, 0) is 24.6 Å². The van der Waals surface area contributed by atoms with E-state index in [1.165, 1.54) is 25.1 Å². The van der Waals surface area contributed by atoms with Gasteiger partial charge in [-0.15, -0.1) is 0 Å². The number of hydrogen-bond donors (Lipinski definition) is 1. The maximum atomic E-state index is 11.8. The largest absolute Gasteiger partial charge is 0.478 e. The van der Waals surface area contributed by atoms with Crippen molar-refractivity contribution in [1.29, 1.82) is 0 Å². The fourth-order valence-electron chi connectivity index (χ4n) is 1.16. The van der Waals surface area contributed by atoms with Crippen molar-refractivity contribution < 1.29 is 18.3 Å². The van der Waals surface area contributed by atoms with Gasteiger partial charge in [0.2, 0.25) is 0 Å². The van der Waals surface area contributed by atoms with Crippen molar-refractivity contribution in [3.05, 3.63) is 53.5 Å². The van der Waals surface area contributed by atoms with Gasteiger partial charge in [0, 0.05) is 11.5 Å². The Kier molecular flexibility index (Phi) is 4.23. The molecule has 0 radical (unpaired) electrons. The summed E-state index contributed by atoms with van der Waals surface area (Å²) in [6, 6.07) is 7.95. The van der Waals surface area contributed by atoms with Gasteiger partial charge in [-0.25, -0.2) is 13.2 Å². The first-order valence-corrected chi connectivity index (χ1v) is 6.36. The second kappa shape index (κ2) is 5.45. The van der Waals surface area contributed by atoms with Gasteiger partial charge in [0.25, 0.3) is 0 Å². The van der Waals surface area contributed by atoms with Gasteiger partial charge in [-0.1, -0.05) is 24.3 Å². The summed E-state index contributed by atoms with van der Waals surface area (Å²) in [5.41, 5.74) is 0.358. The van der Waals surface area contributed by atoms with Gasteiger partial charge in [-0.3, -0.25) is 0 Å². The fraction of sp³-hybridized carbons (Fsp3) is 0.0833. The first-order chi connectivity index (χ1) is 7.92. The first-order valence-electron chi connectivity index (χ1n) is 4.81. The first kappa shape index (κ1) is 13.2. The van der Waals surface area contributed by atoms with E-state index < -0.39 is 15.8 Å². The molecule has 0 saturated heterocycles. The van der Waals surface area contributed by atoms with E-state index in [-0.39, 0.29) is 4.90 Å². The molecular formula is C12H12O4S. The van der Waals surface area contributed by atoms with Crippen LogP contribution in [0.2, 0.25) is 0 Å². The van der Waals surface area contributed by atoms with Crippen LogP contribution < -0.4 is 0 Å². The van der Waals surface area contributed by atoms with Crippen molar-refractivity contribution in [2.75, 3.05) is 0 Å². The smallest absolute Gasteiger partial charge is 0.328 e. The van der Waals surface area contributed by atoms with E-state index in [2.05, 4.69) is 0 Å². The lowest BCUT2D eigenvalue weighted by Gasteiger charge is -1.99. The lowest BCUT2D eigenvalue weighted by molar-refractivity contribution is -0.131. The van der Waals surface area contributed by atoms with Crippen LogP contribution in [-0.4, -0.2) is 19.5 Å². The van der Waals surface area contributed by atoms with Crippen molar-refractivity contribution in [3.63, 3.8) is 0 Å². The lowest BCUT2D eigenvalue weighted by Crippen LogP contribution is -1.96. The fourth-order valence-corrected chi connectivity index (χ4v) is 2.41. The molecule has 0 heterocycles. The van der Waals surface area contributed by atoms with Crippen LogP contribution in [0.5, 0.6) is 0 Å². The van der Waals surface area contributed by atoms with Gasteiger partial charge in [0.05, 0.1) is 4.90 Å². The zero-order valence-electron chi connectivity index (χ0n) is 9.20. The van der Waals surface area contributed by atoms with Crippen molar-refractivity contribution in [2.24, 2.45) is 0 Å². The van der Waals surface area contributed by atoms with Crippen LogP contribution in [0.1, 0.15) is 6.92 Å². The maximum Gasteiger partial charge on any atom is 0.328 e. The summed E-state index contributed by atoms with van der Waals surface area (Å²) >= 11 is 0. The number of carboxylic acid groups (broad SMARTS) is 1. The van der Waals surface area contributed by atoms with Gasteiger partial charge in [0.1, 0.15) is 0 Å². The van der Waals surface area contributed by atoms with Gasteiger partial charge >= 0.3 is 5.97 Å². The molecule has 1 rings (SSSR count). The van der Waals surface area contributed by atoms with Gasteiger partial charge < -0.3 is 5.11 Å². The van der Waals surface area contributed by atoms with Crippen LogP contribution in [0.3, 0.4) is 0 Å². The average molecular weight is 252 g/mol. The molecule has 1 N–H and O–H groups in total. The third-order valence-corrected chi connectivity index (χ3v) is 3.51. The Morgan fingerprint density at radius 1 is 1.18 bits per heavy atom. The summed E-state index contributed by atoms with van der Waals surface area (Å²) in [4.78, 5) is 10.5. The average Bonchev–Trinajstić information content (AvgIpc) is 2.27. The van der Waals surface area contributed by atoms with E-state index >= 15 is 0 Å². The Morgan fingerprint density at radius 2 is 1.76 bits per heavy atom. The minimum absolute atomic E-state index is 0.183. The Labute approximate surface area is 99.8 Å². The number of allylic oxidation sites excluding steroid dienone is 2. The van der Waals surface area contributed by atoms with Crippen LogP contribution in [0.15, 0.2) is 58.4 Å². The molecule has 0 unspecified atom stereocenters. The summed E-state index contributed by atoms with van der Waals surface area (Å²) in [7, 11) is -3.51. The molecule has 5 heteroatoms. The summed E-state index contributed by atoms with van der Waals surface area (Å²) < 4.78 is 23.7. The van der Waals surface area contributed by atoms with Crippen LogP contribution in [-0.2, 0) is 14.6 Å². The molecule has 0 spiro atoms. The maximum absolute atomic E-state index is 11.8. The molecule has 0 bridgehead atoms. The summed E-state index contributed by atoms with van der Waals surface area (Å²) in [6.45, 7) is 1.53. The number of sulfone groups is 1. The van der Waals surface area contributed by atoms with E-state index in [1.807, 2.05) is 0 Å². The third-order valence-electron chi connectivity index (χ3n) is 1.90. The third kappa shape index (κ3) is 4.24. The monoisotopic (exact) mass is 252 g/mol. The Hall–Kier alpha value is -1.88. The summed E-state index contributed by atoms with van der Waals surface area (Å²) in [5, 5.41) is 9.46. The van der Waals surface area contributed by atoms with E-state index in [4.69, 9.17) is 5.11 Å². The number of rotatable bonds is 4. The minimum Gasteiger partial charge on any atom is -0.478 e. The molecule has 0 aromatic heterocycles. The summed E-state index contributed by atoms with van der Waals surface area (Å²) in [6.07, 6.45) is 2.13. The highest BCUT2D eigenvalue weighted by atomic mass is 32.2. The van der Waals surface area contributed by atoms with Crippen molar-refractivity contribution in [2.45, 2.75) is 11.8 Å².